The average molecular weight is 221 g/mol. The fourth-order valence-corrected chi connectivity index (χ4v) is 2.35. The SMILES string of the molecule is C=C1C=Cc2cc(C3=CN=C(C)C3)ccc2C1. The van der Waals surface area contributed by atoms with Crippen LogP contribution in [-0.4, -0.2) is 5.71 Å². The van der Waals surface area contributed by atoms with Crippen LogP contribution >= 0.6 is 0 Å². The Morgan fingerprint density at radius 2 is 2.06 bits per heavy atom. The molecule has 1 aromatic rings. The van der Waals surface area contributed by atoms with Gasteiger partial charge in [-0.15, -0.1) is 0 Å². The summed E-state index contributed by atoms with van der Waals surface area (Å²) in [7, 11) is 0. The molecule has 1 aliphatic heterocycles. The third-order valence-electron chi connectivity index (χ3n) is 3.32. The molecular formula is C16H15N. The Kier molecular flexibility index (Phi) is 2.32. The molecule has 1 nitrogen and oxygen atoms in total. The number of aliphatic imine (C=N–C) groups is 1. The first-order chi connectivity index (χ1) is 8.22. The zero-order valence-corrected chi connectivity index (χ0v) is 10.0. The Bertz CT molecular complexity index is 586. The molecule has 0 amide bonds. The molecule has 0 N–H and O–H groups in total. The minimum atomic E-state index is 0.973. The van der Waals surface area contributed by atoms with E-state index >= 15 is 0 Å². The monoisotopic (exact) mass is 221 g/mol. The van der Waals surface area contributed by atoms with Crippen molar-refractivity contribution in [2.24, 2.45) is 4.99 Å². The van der Waals surface area contributed by atoms with Crippen molar-refractivity contribution in [3.63, 3.8) is 0 Å². The average Bonchev–Trinajstić information content (AvgIpc) is 2.75. The van der Waals surface area contributed by atoms with Gasteiger partial charge < -0.3 is 0 Å². The fourth-order valence-electron chi connectivity index (χ4n) is 2.35. The molecule has 1 heteroatoms. The molecule has 0 spiro atoms. The summed E-state index contributed by atoms with van der Waals surface area (Å²) in [6.45, 7) is 6.08. The van der Waals surface area contributed by atoms with Crippen molar-refractivity contribution in [1.29, 1.82) is 0 Å². The van der Waals surface area contributed by atoms with Crippen LogP contribution in [0.25, 0.3) is 11.6 Å². The topological polar surface area (TPSA) is 12.4 Å². The van der Waals surface area contributed by atoms with Crippen LogP contribution in [0.4, 0.5) is 0 Å². The van der Waals surface area contributed by atoms with Crippen LogP contribution in [0.15, 0.2) is 47.6 Å². The maximum absolute atomic E-state index is 4.34. The zero-order valence-electron chi connectivity index (χ0n) is 10.0. The van der Waals surface area contributed by atoms with E-state index in [1.54, 1.807) is 0 Å². The first-order valence-corrected chi connectivity index (χ1v) is 5.94. The van der Waals surface area contributed by atoms with E-state index in [0.29, 0.717) is 0 Å². The third-order valence-corrected chi connectivity index (χ3v) is 3.32. The minimum absolute atomic E-state index is 0.973. The maximum atomic E-state index is 4.34. The summed E-state index contributed by atoms with van der Waals surface area (Å²) in [6.07, 6.45) is 8.21. The largest absolute Gasteiger partial charge is 0.265 e. The number of rotatable bonds is 1. The molecule has 0 bridgehead atoms. The van der Waals surface area contributed by atoms with Gasteiger partial charge in [0.25, 0.3) is 0 Å². The molecule has 0 fully saturated rings. The number of allylic oxidation sites excluding steroid dienone is 3. The smallest absolute Gasteiger partial charge is 0.0309 e. The van der Waals surface area contributed by atoms with Crippen molar-refractivity contribution in [2.75, 3.05) is 0 Å². The molecule has 3 rings (SSSR count). The highest BCUT2D eigenvalue weighted by molar-refractivity contribution is 5.96. The van der Waals surface area contributed by atoms with Crippen molar-refractivity contribution >= 4 is 17.4 Å². The molecule has 1 aromatic carbocycles. The predicted octanol–water partition coefficient (Wildman–Crippen LogP) is 4.02. The van der Waals surface area contributed by atoms with Gasteiger partial charge in [0.1, 0.15) is 0 Å². The van der Waals surface area contributed by atoms with Crippen LogP contribution in [0, 0.1) is 0 Å². The second-order valence-electron chi connectivity index (χ2n) is 4.78. The van der Waals surface area contributed by atoms with Crippen LogP contribution in [0.2, 0.25) is 0 Å². The lowest BCUT2D eigenvalue weighted by atomic mass is 9.91. The van der Waals surface area contributed by atoms with Crippen molar-refractivity contribution < 1.29 is 0 Å². The summed E-state index contributed by atoms with van der Waals surface area (Å²) < 4.78 is 0. The van der Waals surface area contributed by atoms with Gasteiger partial charge in [-0.2, -0.15) is 0 Å². The molecule has 2 aliphatic rings. The summed E-state index contributed by atoms with van der Waals surface area (Å²) in [6, 6.07) is 6.68. The van der Waals surface area contributed by atoms with Crippen LogP contribution in [0.5, 0.6) is 0 Å². The molecule has 1 aliphatic carbocycles. The van der Waals surface area contributed by atoms with Gasteiger partial charge in [-0.25, -0.2) is 0 Å². The quantitative estimate of drug-likeness (QED) is 0.679. The highest BCUT2D eigenvalue weighted by Crippen LogP contribution is 2.28. The van der Waals surface area contributed by atoms with Crippen molar-refractivity contribution in [2.45, 2.75) is 19.8 Å². The lowest BCUT2D eigenvalue weighted by Crippen LogP contribution is -1.97. The molecule has 0 aromatic heterocycles. The Hall–Kier alpha value is -1.89. The summed E-state index contributed by atoms with van der Waals surface area (Å²) in [5, 5.41) is 0. The first-order valence-electron chi connectivity index (χ1n) is 5.94. The molecule has 0 unspecified atom stereocenters. The van der Waals surface area contributed by atoms with E-state index in [9.17, 15) is 0 Å². The van der Waals surface area contributed by atoms with E-state index in [2.05, 4.69) is 48.8 Å². The molecular weight excluding hydrogens is 206 g/mol. The Morgan fingerprint density at radius 1 is 1.18 bits per heavy atom. The second-order valence-corrected chi connectivity index (χ2v) is 4.78. The first kappa shape index (κ1) is 10.3. The number of nitrogens with zero attached hydrogens (tertiary/aromatic N) is 1. The van der Waals surface area contributed by atoms with Crippen molar-refractivity contribution in [1.82, 2.24) is 0 Å². The Labute approximate surface area is 102 Å². The Balaban J connectivity index is 1.96. The number of fused-ring (bicyclic) bond motifs is 1. The fraction of sp³-hybridized carbons (Fsp3) is 0.188. The van der Waals surface area contributed by atoms with Crippen molar-refractivity contribution in [3.8, 4) is 0 Å². The lowest BCUT2D eigenvalue weighted by molar-refractivity contribution is 1.18. The van der Waals surface area contributed by atoms with Gasteiger partial charge >= 0.3 is 0 Å². The summed E-state index contributed by atoms with van der Waals surface area (Å²) in [4.78, 5) is 4.34. The van der Waals surface area contributed by atoms with E-state index < -0.39 is 0 Å². The van der Waals surface area contributed by atoms with E-state index in [1.165, 1.54) is 33.5 Å². The maximum Gasteiger partial charge on any atom is 0.0309 e. The van der Waals surface area contributed by atoms with Crippen LogP contribution in [0.1, 0.15) is 30.0 Å². The highest BCUT2D eigenvalue weighted by atomic mass is 14.7. The standard InChI is InChI=1S/C16H15N/c1-11-3-4-14-9-15(6-5-13(14)7-11)16-8-12(2)17-10-16/h3-6,9-10H,1,7-8H2,2H3. The normalized spacial score (nSPS) is 17.8. The van der Waals surface area contributed by atoms with Gasteiger partial charge in [-0.05, 0) is 41.7 Å². The molecule has 84 valence electrons. The van der Waals surface area contributed by atoms with E-state index in [0.717, 1.165) is 12.8 Å². The van der Waals surface area contributed by atoms with Crippen LogP contribution < -0.4 is 0 Å². The lowest BCUT2D eigenvalue weighted by Gasteiger charge is -2.14. The third kappa shape index (κ3) is 1.89. The minimum Gasteiger partial charge on any atom is -0.265 e. The predicted molar refractivity (Wildman–Crippen MR) is 74.0 cm³/mol. The molecule has 0 atom stereocenters. The molecule has 1 heterocycles. The number of hydrogen-bond donors (Lipinski definition) is 0. The van der Waals surface area contributed by atoms with Crippen LogP contribution in [0.3, 0.4) is 0 Å². The summed E-state index contributed by atoms with van der Waals surface area (Å²) in [5.41, 5.74) is 7.69. The van der Waals surface area contributed by atoms with Crippen LogP contribution in [-0.2, 0) is 6.42 Å². The zero-order chi connectivity index (χ0) is 11.8. The van der Waals surface area contributed by atoms with Gasteiger partial charge in [-0.1, -0.05) is 36.4 Å². The highest BCUT2D eigenvalue weighted by Gasteiger charge is 2.12. The van der Waals surface area contributed by atoms with Gasteiger partial charge in [0.15, 0.2) is 0 Å². The summed E-state index contributed by atoms with van der Waals surface area (Å²) in [5.74, 6) is 0. The van der Waals surface area contributed by atoms with Gasteiger partial charge in [0, 0.05) is 18.3 Å². The van der Waals surface area contributed by atoms with Gasteiger partial charge in [-0.3, -0.25) is 4.99 Å². The van der Waals surface area contributed by atoms with Gasteiger partial charge in [0.2, 0.25) is 0 Å². The van der Waals surface area contributed by atoms with Gasteiger partial charge in [0.05, 0.1) is 0 Å². The molecule has 17 heavy (non-hydrogen) atoms. The van der Waals surface area contributed by atoms with E-state index in [4.69, 9.17) is 0 Å². The number of benzene rings is 1. The molecule has 0 saturated heterocycles. The number of hydrogen-bond acceptors (Lipinski definition) is 1. The molecule has 0 saturated carbocycles. The second kappa shape index (κ2) is 3.85. The van der Waals surface area contributed by atoms with E-state index in [-0.39, 0.29) is 0 Å². The Morgan fingerprint density at radius 3 is 2.82 bits per heavy atom. The van der Waals surface area contributed by atoms with Crippen molar-refractivity contribution in [3.05, 3.63) is 59.3 Å². The molecule has 0 radical (unpaired) electrons. The summed E-state index contributed by atoms with van der Waals surface area (Å²) >= 11 is 0. The van der Waals surface area contributed by atoms with E-state index in [1.807, 2.05) is 6.20 Å².